The third-order valence-corrected chi connectivity index (χ3v) is 4.92. The van der Waals surface area contributed by atoms with Crippen LogP contribution in [0.15, 0.2) is 18.2 Å². The number of fused-ring (bicyclic) bond motifs is 1. The molecule has 0 spiro atoms. The summed E-state index contributed by atoms with van der Waals surface area (Å²) in [6, 6.07) is 5.43. The third-order valence-electron chi connectivity index (χ3n) is 3.62. The zero-order valence-electron chi connectivity index (χ0n) is 12.7. The summed E-state index contributed by atoms with van der Waals surface area (Å²) in [5, 5.41) is 0. The minimum absolute atomic E-state index is 0.0265. The molecule has 1 heterocycles. The van der Waals surface area contributed by atoms with Crippen LogP contribution in [0.3, 0.4) is 0 Å². The van der Waals surface area contributed by atoms with Crippen molar-refractivity contribution < 1.29 is 13.2 Å². The normalized spacial score (nSPS) is 15.0. The maximum Gasteiger partial charge on any atom is 0.232 e. The van der Waals surface area contributed by atoms with E-state index in [1.54, 1.807) is 24.0 Å². The minimum Gasteiger partial charge on any atom is -0.312 e. The number of nitrogens with zero attached hydrogens (tertiary/aromatic N) is 1. The molecule has 1 amide bonds. The fourth-order valence-corrected chi connectivity index (χ4v) is 3.06. The summed E-state index contributed by atoms with van der Waals surface area (Å²) in [5.41, 5.74) is 2.44. The van der Waals surface area contributed by atoms with Crippen LogP contribution in [-0.2, 0) is 21.2 Å². The lowest BCUT2D eigenvalue weighted by atomic mass is 9.99. The van der Waals surface area contributed by atoms with E-state index in [4.69, 9.17) is 0 Å². The smallest absolute Gasteiger partial charge is 0.232 e. The van der Waals surface area contributed by atoms with Gasteiger partial charge < -0.3 is 4.90 Å². The van der Waals surface area contributed by atoms with Crippen LogP contribution in [0.5, 0.6) is 0 Å². The highest BCUT2D eigenvalue weighted by atomic mass is 32.2. The summed E-state index contributed by atoms with van der Waals surface area (Å²) in [5.74, 6) is 0.0250. The molecule has 5 nitrogen and oxygen atoms in total. The molecule has 0 atom stereocenters. The highest BCUT2D eigenvalue weighted by Crippen LogP contribution is 2.31. The van der Waals surface area contributed by atoms with Crippen molar-refractivity contribution in [3.63, 3.8) is 0 Å². The molecule has 0 unspecified atom stereocenters. The molecular weight excluding hydrogens is 288 g/mol. The number of carbonyl (C=O) groups excluding carboxylic acids is 1. The predicted molar refractivity (Wildman–Crippen MR) is 85.0 cm³/mol. The van der Waals surface area contributed by atoms with Gasteiger partial charge in [-0.2, -0.15) is 0 Å². The van der Waals surface area contributed by atoms with Crippen molar-refractivity contribution in [2.24, 2.45) is 5.92 Å². The molecular formula is C15H22N2O3S. The fraction of sp³-hybridized carbons (Fsp3) is 0.533. The van der Waals surface area contributed by atoms with Crippen molar-refractivity contribution in [2.45, 2.75) is 33.6 Å². The topological polar surface area (TPSA) is 66.5 Å². The van der Waals surface area contributed by atoms with Gasteiger partial charge in [0.15, 0.2) is 0 Å². The van der Waals surface area contributed by atoms with Crippen molar-refractivity contribution in [1.29, 1.82) is 0 Å². The van der Waals surface area contributed by atoms with Gasteiger partial charge in [0.25, 0.3) is 0 Å². The van der Waals surface area contributed by atoms with Crippen molar-refractivity contribution in [3.8, 4) is 0 Å². The second kappa shape index (κ2) is 6.05. The molecule has 6 heteroatoms. The van der Waals surface area contributed by atoms with Gasteiger partial charge in [-0.05, 0) is 37.5 Å². The van der Waals surface area contributed by atoms with Crippen LogP contribution in [-0.4, -0.2) is 26.6 Å². The molecule has 0 fully saturated rings. The Bertz CT molecular complexity index is 638. The molecule has 0 aliphatic carbocycles. The van der Waals surface area contributed by atoms with Crippen LogP contribution < -0.4 is 9.62 Å². The molecule has 0 radical (unpaired) electrons. The van der Waals surface area contributed by atoms with Gasteiger partial charge in [-0.25, -0.2) is 8.42 Å². The molecule has 0 bridgehead atoms. The molecule has 0 saturated carbocycles. The first-order chi connectivity index (χ1) is 9.84. The Morgan fingerprint density at radius 2 is 2.10 bits per heavy atom. The summed E-state index contributed by atoms with van der Waals surface area (Å²) in [6.45, 7) is 6.03. The van der Waals surface area contributed by atoms with Gasteiger partial charge in [-0.15, -0.1) is 0 Å². The number of rotatable bonds is 4. The second-order valence-electron chi connectivity index (χ2n) is 5.60. The van der Waals surface area contributed by atoms with Gasteiger partial charge in [0.1, 0.15) is 0 Å². The van der Waals surface area contributed by atoms with E-state index < -0.39 is 10.0 Å². The number of benzene rings is 1. The van der Waals surface area contributed by atoms with Gasteiger partial charge in [-0.1, -0.05) is 19.9 Å². The average Bonchev–Trinajstić information content (AvgIpc) is 2.45. The fourth-order valence-electron chi connectivity index (χ4n) is 2.43. The van der Waals surface area contributed by atoms with Crippen LogP contribution >= 0.6 is 0 Å². The number of nitrogens with one attached hydrogen (secondary N) is 1. The lowest BCUT2D eigenvalue weighted by Crippen LogP contribution is -2.38. The molecule has 21 heavy (non-hydrogen) atoms. The van der Waals surface area contributed by atoms with Crippen LogP contribution in [0.4, 0.5) is 11.4 Å². The summed E-state index contributed by atoms with van der Waals surface area (Å²) in [4.78, 5) is 14.1. The van der Waals surface area contributed by atoms with Crippen molar-refractivity contribution in [3.05, 3.63) is 23.8 Å². The Balaban J connectivity index is 2.36. The van der Waals surface area contributed by atoms with Crippen molar-refractivity contribution in [2.75, 3.05) is 21.9 Å². The molecule has 0 saturated heterocycles. The molecule has 0 aromatic heterocycles. The lowest BCUT2D eigenvalue weighted by molar-refractivity contribution is -0.121. The van der Waals surface area contributed by atoms with Crippen molar-refractivity contribution >= 4 is 27.3 Å². The van der Waals surface area contributed by atoms with Gasteiger partial charge in [0.2, 0.25) is 15.9 Å². The van der Waals surface area contributed by atoms with Gasteiger partial charge >= 0.3 is 0 Å². The largest absolute Gasteiger partial charge is 0.312 e. The number of sulfonamides is 1. The Morgan fingerprint density at radius 1 is 1.38 bits per heavy atom. The van der Waals surface area contributed by atoms with E-state index in [9.17, 15) is 13.2 Å². The zero-order chi connectivity index (χ0) is 15.6. The SMILES string of the molecule is CCS(=O)(=O)Nc1ccc2c(c1)N(C(=O)C(C)C)CCC2. The number of anilines is 2. The predicted octanol–water partition coefficient (Wildman–Crippen LogP) is 2.38. The summed E-state index contributed by atoms with van der Waals surface area (Å²) < 4.78 is 25.9. The molecule has 1 aliphatic rings. The lowest BCUT2D eigenvalue weighted by Gasteiger charge is -2.31. The number of aryl methyl sites for hydroxylation is 1. The van der Waals surface area contributed by atoms with E-state index in [0.29, 0.717) is 12.2 Å². The maximum absolute atomic E-state index is 12.3. The van der Waals surface area contributed by atoms with Crippen LogP contribution in [0.2, 0.25) is 0 Å². The second-order valence-corrected chi connectivity index (χ2v) is 7.61. The van der Waals surface area contributed by atoms with Crippen LogP contribution in [0, 0.1) is 5.92 Å². The molecule has 1 aromatic rings. The van der Waals surface area contributed by atoms with E-state index in [0.717, 1.165) is 24.1 Å². The maximum atomic E-state index is 12.3. The van der Waals surface area contributed by atoms with Gasteiger partial charge in [0.05, 0.1) is 11.4 Å². The molecule has 2 rings (SSSR count). The van der Waals surface area contributed by atoms with Crippen LogP contribution in [0.1, 0.15) is 32.8 Å². The quantitative estimate of drug-likeness (QED) is 0.928. The van der Waals surface area contributed by atoms with Gasteiger partial charge in [0, 0.05) is 18.2 Å². The minimum atomic E-state index is -3.31. The summed E-state index contributed by atoms with van der Waals surface area (Å²) in [6.07, 6.45) is 1.85. The van der Waals surface area contributed by atoms with E-state index in [2.05, 4.69) is 4.72 Å². The highest BCUT2D eigenvalue weighted by Gasteiger charge is 2.24. The third kappa shape index (κ3) is 3.56. The van der Waals surface area contributed by atoms with E-state index in [1.807, 2.05) is 19.9 Å². The van der Waals surface area contributed by atoms with E-state index >= 15 is 0 Å². The monoisotopic (exact) mass is 310 g/mol. The standard InChI is InChI=1S/C15H22N2O3S/c1-4-21(19,20)16-13-8-7-12-6-5-9-17(14(12)10-13)15(18)11(2)3/h7-8,10-11,16H,4-6,9H2,1-3H3. The number of hydrogen-bond acceptors (Lipinski definition) is 3. The summed E-state index contributed by atoms with van der Waals surface area (Å²) in [7, 11) is -3.31. The summed E-state index contributed by atoms with van der Waals surface area (Å²) >= 11 is 0. The Kier molecular flexibility index (Phi) is 4.56. The number of amides is 1. The number of hydrogen-bond donors (Lipinski definition) is 1. The molecule has 1 N–H and O–H groups in total. The Hall–Kier alpha value is -1.56. The molecule has 1 aliphatic heterocycles. The Morgan fingerprint density at radius 3 is 2.71 bits per heavy atom. The van der Waals surface area contributed by atoms with E-state index in [-0.39, 0.29) is 17.6 Å². The first kappa shape index (κ1) is 15.8. The zero-order valence-corrected chi connectivity index (χ0v) is 13.5. The van der Waals surface area contributed by atoms with E-state index in [1.165, 1.54) is 0 Å². The van der Waals surface area contributed by atoms with Crippen LogP contribution in [0.25, 0.3) is 0 Å². The average molecular weight is 310 g/mol. The number of carbonyl (C=O) groups is 1. The van der Waals surface area contributed by atoms with Gasteiger partial charge in [-0.3, -0.25) is 9.52 Å². The molecule has 1 aromatic carbocycles. The first-order valence-electron chi connectivity index (χ1n) is 7.29. The Labute approximate surface area is 126 Å². The van der Waals surface area contributed by atoms with Crippen molar-refractivity contribution in [1.82, 2.24) is 0 Å². The molecule has 116 valence electrons. The highest BCUT2D eigenvalue weighted by molar-refractivity contribution is 7.92. The first-order valence-corrected chi connectivity index (χ1v) is 8.94.